The Kier molecular flexibility index (Phi) is 2.56. The van der Waals surface area contributed by atoms with E-state index >= 15 is 0 Å². The fourth-order valence-electron chi connectivity index (χ4n) is 1.87. The molecule has 3 aromatic rings. The van der Waals surface area contributed by atoms with Gasteiger partial charge >= 0.3 is 0 Å². The van der Waals surface area contributed by atoms with E-state index in [1.54, 1.807) is 6.20 Å². The molecule has 1 aromatic carbocycles. The molecule has 2 N–H and O–H groups in total. The summed E-state index contributed by atoms with van der Waals surface area (Å²) < 4.78 is 3.07. The van der Waals surface area contributed by atoms with Crippen molar-refractivity contribution in [1.29, 1.82) is 0 Å². The first-order valence-corrected chi connectivity index (χ1v) is 6.30. The molecule has 0 amide bonds. The summed E-state index contributed by atoms with van der Waals surface area (Å²) in [7, 11) is 0. The van der Waals surface area contributed by atoms with Crippen LogP contribution < -0.4 is 5.73 Å². The molecule has 0 saturated carbocycles. The van der Waals surface area contributed by atoms with E-state index in [4.69, 9.17) is 5.73 Å². The van der Waals surface area contributed by atoms with E-state index < -0.39 is 0 Å². The molecular weight excluding hydrogens is 292 g/mol. The smallest absolute Gasteiger partial charge is 0.221 e. The van der Waals surface area contributed by atoms with Gasteiger partial charge in [0.15, 0.2) is 0 Å². The molecule has 0 unspecified atom stereocenters. The van der Waals surface area contributed by atoms with Crippen LogP contribution in [0.25, 0.3) is 16.7 Å². The molecule has 0 bridgehead atoms. The summed E-state index contributed by atoms with van der Waals surface area (Å²) in [5.74, 6) is 0.286. The zero-order chi connectivity index (χ0) is 12.7. The number of aryl methyl sites for hydroxylation is 1. The number of nitrogens with two attached hydrogens (primary N) is 1. The molecule has 0 fully saturated rings. The summed E-state index contributed by atoms with van der Waals surface area (Å²) in [4.78, 5) is 8.27. The number of nitrogen functional groups attached to an aromatic ring is 1. The predicted molar refractivity (Wildman–Crippen MR) is 75.7 cm³/mol. The molecule has 18 heavy (non-hydrogen) atoms. The van der Waals surface area contributed by atoms with Gasteiger partial charge in [-0.1, -0.05) is 22.0 Å². The number of hydrogen-bond donors (Lipinski definition) is 1. The normalized spacial score (nSPS) is 11.0. The SMILES string of the molecule is Cc1ccc(-n2ccc3cnc(N)nc32)cc1Br. The second kappa shape index (κ2) is 4.10. The number of fused-ring (bicyclic) bond motifs is 1. The van der Waals surface area contributed by atoms with Crippen molar-refractivity contribution in [1.82, 2.24) is 14.5 Å². The van der Waals surface area contributed by atoms with Gasteiger partial charge in [0, 0.05) is 27.9 Å². The molecule has 4 nitrogen and oxygen atoms in total. The van der Waals surface area contributed by atoms with Crippen LogP contribution in [-0.2, 0) is 0 Å². The van der Waals surface area contributed by atoms with Crippen LogP contribution in [0.15, 0.2) is 41.1 Å². The van der Waals surface area contributed by atoms with Crippen molar-refractivity contribution in [3.05, 3.63) is 46.7 Å². The number of aromatic nitrogens is 3. The Labute approximate surface area is 113 Å². The summed E-state index contributed by atoms with van der Waals surface area (Å²) in [5.41, 5.74) is 8.70. The minimum absolute atomic E-state index is 0.286. The maximum atomic E-state index is 5.64. The molecule has 2 heterocycles. The molecule has 0 atom stereocenters. The van der Waals surface area contributed by atoms with E-state index in [9.17, 15) is 0 Å². The van der Waals surface area contributed by atoms with E-state index in [-0.39, 0.29) is 5.95 Å². The van der Waals surface area contributed by atoms with Crippen LogP contribution in [0.5, 0.6) is 0 Å². The molecular formula is C13H11BrN4. The van der Waals surface area contributed by atoms with Gasteiger partial charge < -0.3 is 10.3 Å². The highest BCUT2D eigenvalue weighted by atomic mass is 79.9. The van der Waals surface area contributed by atoms with Crippen LogP contribution in [0.4, 0.5) is 5.95 Å². The van der Waals surface area contributed by atoms with Crippen molar-refractivity contribution in [2.45, 2.75) is 6.92 Å². The molecule has 0 aliphatic rings. The van der Waals surface area contributed by atoms with Gasteiger partial charge in [-0.25, -0.2) is 4.98 Å². The standard InChI is InChI=1S/C13H11BrN4/c1-8-2-3-10(6-11(8)14)18-5-4-9-7-16-13(15)17-12(9)18/h2-7H,1H3,(H2,15,16,17). The van der Waals surface area contributed by atoms with Gasteiger partial charge in [0.1, 0.15) is 5.65 Å². The predicted octanol–water partition coefficient (Wildman–Crippen LogP) is 3.07. The van der Waals surface area contributed by atoms with Gasteiger partial charge in [0.25, 0.3) is 0 Å². The topological polar surface area (TPSA) is 56.7 Å². The zero-order valence-corrected chi connectivity index (χ0v) is 11.3. The fraction of sp³-hybridized carbons (Fsp3) is 0.0769. The summed E-state index contributed by atoms with van der Waals surface area (Å²) in [6.07, 6.45) is 3.70. The monoisotopic (exact) mass is 302 g/mol. The zero-order valence-electron chi connectivity index (χ0n) is 9.76. The van der Waals surface area contributed by atoms with Crippen LogP contribution in [-0.4, -0.2) is 14.5 Å². The van der Waals surface area contributed by atoms with Gasteiger partial charge in [-0.2, -0.15) is 4.98 Å². The van der Waals surface area contributed by atoms with Crippen LogP contribution in [0, 0.1) is 6.92 Å². The average Bonchev–Trinajstić information content (AvgIpc) is 2.75. The van der Waals surface area contributed by atoms with Gasteiger partial charge in [0.2, 0.25) is 5.95 Å². The lowest BCUT2D eigenvalue weighted by atomic mass is 10.2. The van der Waals surface area contributed by atoms with E-state index in [0.29, 0.717) is 0 Å². The first kappa shape index (κ1) is 11.2. The maximum Gasteiger partial charge on any atom is 0.221 e. The maximum absolute atomic E-state index is 5.64. The molecule has 0 aliphatic carbocycles. The Morgan fingerprint density at radius 3 is 2.89 bits per heavy atom. The fourth-order valence-corrected chi connectivity index (χ4v) is 2.24. The van der Waals surface area contributed by atoms with Crippen molar-refractivity contribution < 1.29 is 0 Å². The lowest BCUT2D eigenvalue weighted by Crippen LogP contribution is -1.98. The van der Waals surface area contributed by atoms with Crippen molar-refractivity contribution in [3.63, 3.8) is 0 Å². The third-order valence-electron chi connectivity index (χ3n) is 2.88. The van der Waals surface area contributed by atoms with E-state index in [1.165, 1.54) is 5.56 Å². The molecule has 0 spiro atoms. The molecule has 90 valence electrons. The van der Waals surface area contributed by atoms with Gasteiger partial charge in [-0.05, 0) is 30.7 Å². The van der Waals surface area contributed by atoms with Crippen LogP contribution in [0.2, 0.25) is 0 Å². The number of rotatable bonds is 1. The van der Waals surface area contributed by atoms with E-state index in [1.807, 2.05) is 16.8 Å². The highest BCUT2D eigenvalue weighted by Crippen LogP contribution is 2.23. The Morgan fingerprint density at radius 2 is 2.11 bits per heavy atom. The van der Waals surface area contributed by atoms with E-state index in [2.05, 4.69) is 51.0 Å². The van der Waals surface area contributed by atoms with Gasteiger partial charge in [0.05, 0.1) is 0 Å². The highest BCUT2D eigenvalue weighted by Gasteiger charge is 2.06. The van der Waals surface area contributed by atoms with E-state index in [0.717, 1.165) is 21.2 Å². The average molecular weight is 303 g/mol. The molecule has 0 saturated heterocycles. The van der Waals surface area contributed by atoms with Gasteiger partial charge in [-0.3, -0.25) is 0 Å². The Hall–Kier alpha value is -1.88. The quantitative estimate of drug-likeness (QED) is 0.751. The Morgan fingerprint density at radius 1 is 1.28 bits per heavy atom. The first-order valence-electron chi connectivity index (χ1n) is 5.51. The second-order valence-electron chi connectivity index (χ2n) is 4.13. The summed E-state index contributed by atoms with van der Waals surface area (Å²) in [6, 6.07) is 8.16. The number of halogens is 1. The lowest BCUT2D eigenvalue weighted by molar-refractivity contribution is 1.08. The van der Waals surface area contributed by atoms with Gasteiger partial charge in [-0.15, -0.1) is 0 Å². The van der Waals surface area contributed by atoms with Crippen molar-refractivity contribution in [2.24, 2.45) is 0 Å². The van der Waals surface area contributed by atoms with Crippen molar-refractivity contribution in [3.8, 4) is 5.69 Å². The third kappa shape index (κ3) is 1.76. The second-order valence-corrected chi connectivity index (χ2v) is 4.98. The summed E-state index contributed by atoms with van der Waals surface area (Å²) >= 11 is 3.54. The van der Waals surface area contributed by atoms with Crippen LogP contribution >= 0.6 is 15.9 Å². The molecule has 0 aliphatic heterocycles. The minimum atomic E-state index is 0.286. The number of benzene rings is 1. The molecule has 0 radical (unpaired) electrons. The molecule has 2 aromatic heterocycles. The third-order valence-corrected chi connectivity index (χ3v) is 3.73. The Balaban J connectivity index is 2.24. The molecule has 5 heteroatoms. The number of nitrogens with zero attached hydrogens (tertiary/aromatic N) is 3. The number of hydrogen-bond acceptors (Lipinski definition) is 3. The minimum Gasteiger partial charge on any atom is -0.368 e. The Bertz CT molecular complexity index is 733. The first-order chi connectivity index (χ1) is 8.65. The summed E-state index contributed by atoms with van der Waals surface area (Å²) in [6.45, 7) is 2.06. The largest absolute Gasteiger partial charge is 0.368 e. The van der Waals surface area contributed by atoms with Crippen LogP contribution in [0.1, 0.15) is 5.56 Å². The van der Waals surface area contributed by atoms with Crippen molar-refractivity contribution in [2.75, 3.05) is 5.73 Å². The number of anilines is 1. The van der Waals surface area contributed by atoms with Crippen molar-refractivity contribution >= 4 is 32.9 Å². The lowest BCUT2D eigenvalue weighted by Gasteiger charge is -2.07. The van der Waals surface area contributed by atoms with Crippen LogP contribution in [0.3, 0.4) is 0 Å². The highest BCUT2D eigenvalue weighted by molar-refractivity contribution is 9.10. The molecule has 3 rings (SSSR count). The summed E-state index contributed by atoms with van der Waals surface area (Å²) in [5, 5.41) is 0.973.